The molecule has 0 bridgehead atoms. The average Bonchev–Trinajstić information content (AvgIpc) is 1.64. The Hall–Kier alpha value is -16.4. The van der Waals surface area contributed by atoms with Crippen LogP contribution in [-0.4, -0.2) is 116 Å². The zero-order chi connectivity index (χ0) is 105. The molecule has 5 aliphatic heterocycles. The molecule has 150 heavy (non-hydrogen) atoms. The number of Topliss-reactive ketones (excluding diaryl/α,β-unsaturated/α-hetero) is 5. The maximum absolute atomic E-state index is 12.9. The number of carbonyl (C=O) groups is 10. The third-order valence-electron chi connectivity index (χ3n) is 29.0. The monoisotopic (exact) mass is 1990 g/mol. The molecule has 15 aromatic rings. The van der Waals surface area contributed by atoms with Gasteiger partial charge in [0.15, 0.2) is 28.9 Å². The number of pyridine rings is 5. The maximum Gasteiger partial charge on any atom is 0.226 e. The van der Waals surface area contributed by atoms with E-state index in [-0.39, 0.29) is 69.8 Å². The number of anilines is 5. The molecule has 20 rings (SSSR count). The Morgan fingerprint density at radius 3 is 0.940 bits per heavy atom. The normalized spacial score (nSPS) is 13.0. The van der Waals surface area contributed by atoms with Gasteiger partial charge < -0.3 is 24.5 Å². The number of benzene rings is 10. The van der Waals surface area contributed by atoms with Crippen molar-refractivity contribution < 1.29 is 47.9 Å². The van der Waals surface area contributed by atoms with E-state index in [1.165, 1.54) is 27.8 Å². The summed E-state index contributed by atoms with van der Waals surface area (Å²) in [6.45, 7) is 23.5. The smallest absolute Gasteiger partial charge is 0.226 e. The van der Waals surface area contributed by atoms with Crippen LogP contribution in [0.5, 0.6) is 0 Å². The second-order valence-electron chi connectivity index (χ2n) is 39.6. The first-order valence-electron chi connectivity index (χ1n) is 52.6. The van der Waals surface area contributed by atoms with Gasteiger partial charge in [-0.25, -0.2) is 0 Å². The highest BCUT2D eigenvalue weighted by atomic mass is 16.2. The van der Waals surface area contributed by atoms with Gasteiger partial charge >= 0.3 is 0 Å². The van der Waals surface area contributed by atoms with Crippen LogP contribution >= 0.6 is 0 Å². The Kier molecular flexibility index (Phi) is 35.4. The summed E-state index contributed by atoms with van der Waals surface area (Å²) in [6.07, 6.45) is 27.6. The van der Waals surface area contributed by atoms with Crippen LogP contribution in [0.1, 0.15) is 244 Å². The van der Waals surface area contributed by atoms with Gasteiger partial charge in [-0.1, -0.05) is 231 Å². The van der Waals surface area contributed by atoms with E-state index >= 15 is 0 Å². The summed E-state index contributed by atoms with van der Waals surface area (Å²) in [5, 5.41) is 0. The summed E-state index contributed by atoms with van der Waals surface area (Å²) >= 11 is 0. The first-order chi connectivity index (χ1) is 72.7. The summed E-state index contributed by atoms with van der Waals surface area (Å²) in [4.78, 5) is 154. The van der Waals surface area contributed by atoms with E-state index < -0.39 is 0 Å². The molecule has 20 heteroatoms. The lowest BCUT2D eigenvalue weighted by molar-refractivity contribution is -0.119. The van der Waals surface area contributed by atoms with Crippen LogP contribution in [0, 0.1) is 13.8 Å². The molecule has 0 saturated carbocycles. The molecule has 760 valence electrons. The van der Waals surface area contributed by atoms with Crippen LogP contribution in [0.15, 0.2) is 323 Å². The molecule has 5 aromatic heterocycles. The van der Waals surface area contributed by atoms with E-state index in [9.17, 15) is 47.9 Å². The molecule has 0 radical (unpaired) electrons. The van der Waals surface area contributed by atoms with Crippen LogP contribution in [0.2, 0.25) is 0 Å². The van der Waals surface area contributed by atoms with Crippen molar-refractivity contribution in [2.45, 2.75) is 196 Å². The lowest BCUT2D eigenvalue weighted by Crippen LogP contribution is -2.28. The van der Waals surface area contributed by atoms with E-state index in [0.29, 0.717) is 83.5 Å². The third-order valence-corrected chi connectivity index (χ3v) is 29.0. The predicted molar refractivity (Wildman–Crippen MR) is 599 cm³/mol. The summed E-state index contributed by atoms with van der Waals surface area (Å²) < 4.78 is 0. The molecular weight excluding hydrogens is 1860 g/mol. The Morgan fingerprint density at radius 1 is 0.300 bits per heavy atom. The van der Waals surface area contributed by atoms with Gasteiger partial charge in [-0.15, -0.1) is 0 Å². The molecular formula is C130H130N10O10. The number of amides is 5. The van der Waals surface area contributed by atoms with Crippen molar-refractivity contribution in [2.75, 3.05) is 57.2 Å². The highest BCUT2D eigenvalue weighted by Gasteiger charge is 2.32. The molecule has 1 unspecified atom stereocenters. The van der Waals surface area contributed by atoms with Gasteiger partial charge in [0.25, 0.3) is 0 Å². The highest BCUT2D eigenvalue weighted by Crippen LogP contribution is 2.42. The largest absolute Gasteiger partial charge is 0.312 e. The van der Waals surface area contributed by atoms with Crippen molar-refractivity contribution in [3.05, 3.63) is 417 Å². The Morgan fingerprint density at radius 2 is 0.607 bits per heavy atom. The number of aromatic nitrogens is 5. The Labute approximate surface area is 880 Å². The van der Waals surface area contributed by atoms with Crippen molar-refractivity contribution >= 4 is 86.9 Å². The molecule has 0 saturated heterocycles. The van der Waals surface area contributed by atoms with Crippen molar-refractivity contribution in [3.8, 4) is 55.6 Å². The van der Waals surface area contributed by atoms with Crippen molar-refractivity contribution in [1.29, 1.82) is 0 Å². The summed E-state index contributed by atoms with van der Waals surface area (Å²) in [5.41, 5.74) is 33.1. The fourth-order valence-electron chi connectivity index (χ4n) is 20.2. The molecule has 10 aromatic carbocycles. The number of nitrogens with zero attached hydrogens (tertiary/aromatic N) is 10. The van der Waals surface area contributed by atoms with Gasteiger partial charge in [-0.2, -0.15) is 0 Å². The van der Waals surface area contributed by atoms with E-state index in [1.54, 1.807) is 31.0 Å². The molecule has 5 aliphatic rings. The molecule has 5 amide bonds. The number of carbonyl (C=O) groups excluding carboxylic acids is 10. The minimum Gasteiger partial charge on any atom is -0.312 e. The summed E-state index contributed by atoms with van der Waals surface area (Å²) in [7, 11) is 0. The number of fused-ring (bicyclic) bond motifs is 5. The minimum atomic E-state index is -0.272. The van der Waals surface area contributed by atoms with Gasteiger partial charge in [0.2, 0.25) is 29.5 Å². The van der Waals surface area contributed by atoms with Crippen LogP contribution in [-0.2, 0) is 80.8 Å². The minimum absolute atomic E-state index is 0.128. The third kappa shape index (κ3) is 26.2. The van der Waals surface area contributed by atoms with Crippen LogP contribution in [0.3, 0.4) is 0 Å². The average molecular weight is 1990 g/mol. The number of aryl methyl sites for hydroxylation is 5. The van der Waals surface area contributed by atoms with E-state index in [2.05, 4.69) is 113 Å². The molecule has 10 heterocycles. The van der Waals surface area contributed by atoms with E-state index in [0.717, 1.165) is 216 Å². The predicted octanol–water partition coefficient (Wildman–Crippen LogP) is 26.2. The molecule has 0 spiro atoms. The second kappa shape index (κ2) is 49.9. The number of ketones is 5. The van der Waals surface area contributed by atoms with E-state index in [1.807, 2.05) is 297 Å². The van der Waals surface area contributed by atoms with Crippen LogP contribution in [0.25, 0.3) is 55.6 Å². The standard InChI is InChI=1S/C27H28N2O2.3C26H26N2O2.C25H24N2O2/c1-4-26(31)29-15-13-22-16-21(11-12-24(22)29)19-7-9-20(10-8-19)25(30)17-27(2,3)23-6-5-14-28-18-23;1-3-26(30)28-15-14-23-16-22(11-12-24(23)28)20-7-9-21(10-8-20)25(29)13-6-19-5-4-18(2)27-17-19;1-3-25(30)28-14-12-22-16-23(15-18(2)26(22)28)20-7-9-21(10-8-20)24(29)11-6-19-5-4-13-27-17-19;1-3-26(30)28-14-12-22-16-21(10-11-24(22)28)19-6-8-20(9-7-19)25(29)15-18(2)23-5-4-13-27-17-23;1-2-25(29)27-15-13-22-16-21(10-11-23(22)27)19-6-8-20(9-7-19)24(28)12-5-18-4-3-14-26-17-18/h5-12,14,16,18H,4,13,15,17H2,1-3H3;4-5,7-12,16-17H,3,6,13-15H2,1-2H3;4-5,7-10,13,15-17H,3,6,11-12,14H2,1-2H3;4-11,13,16-18H,3,12,14-15H2,1-2H3;3-4,6-11,14,16-17H,2,5,12-13,15H2,1H3. The van der Waals surface area contributed by atoms with Crippen LogP contribution < -0.4 is 24.5 Å². The lowest BCUT2D eigenvalue weighted by atomic mass is 9.80. The molecule has 20 nitrogen and oxygen atoms in total. The SMILES string of the molecule is CCC(=O)N1CCc2cc(-c3ccc(C(=O)CC(C)(C)c4cccnc4)cc3)ccc21.CCC(=O)N1CCc2cc(-c3ccc(C(=O)CC(C)c4cccnc4)cc3)ccc21.CCC(=O)N1CCc2cc(-c3ccc(C(=O)CCc4ccc(C)nc4)cc3)ccc21.CCC(=O)N1CCc2cc(-c3ccc(C(=O)CCc4cccnc4)cc3)cc(C)c21.CCC(=O)N1CCc2cc(-c3ccc(C(=O)CCc4cccnc4)cc3)ccc21. The second-order valence-corrected chi connectivity index (χ2v) is 39.6. The summed E-state index contributed by atoms with van der Waals surface area (Å²) in [6, 6.07) is 88.2. The zero-order valence-electron chi connectivity index (χ0n) is 87.5. The molecule has 0 fully saturated rings. The Bertz CT molecular complexity index is 7370. The molecule has 0 N–H and O–H groups in total. The lowest BCUT2D eigenvalue weighted by Gasteiger charge is -2.24. The van der Waals surface area contributed by atoms with Gasteiger partial charge in [0.05, 0.1) is 0 Å². The molecule has 1 atom stereocenters. The van der Waals surface area contributed by atoms with Gasteiger partial charge in [-0.05, 0) is 284 Å². The summed E-state index contributed by atoms with van der Waals surface area (Å²) in [5.74, 6) is 1.70. The van der Waals surface area contributed by atoms with Gasteiger partial charge in [0, 0.05) is 215 Å². The highest BCUT2D eigenvalue weighted by molar-refractivity contribution is 6.03. The number of rotatable bonds is 30. The number of hydrogen-bond acceptors (Lipinski definition) is 15. The first-order valence-corrected chi connectivity index (χ1v) is 52.6. The fraction of sp³-hybridized carbons (Fsp3) is 0.269. The quantitative estimate of drug-likeness (QED) is 0.0380. The van der Waals surface area contributed by atoms with Gasteiger partial charge in [0.1, 0.15) is 0 Å². The topological polar surface area (TPSA) is 251 Å². The zero-order valence-corrected chi connectivity index (χ0v) is 87.5. The van der Waals surface area contributed by atoms with Crippen molar-refractivity contribution in [2.24, 2.45) is 0 Å². The van der Waals surface area contributed by atoms with Crippen LogP contribution in [0.4, 0.5) is 28.4 Å². The Balaban J connectivity index is 0.000000133. The first kappa shape index (κ1) is 106. The number of hydrogen-bond donors (Lipinski definition) is 0. The van der Waals surface area contributed by atoms with Gasteiger partial charge in [-0.3, -0.25) is 72.9 Å². The van der Waals surface area contributed by atoms with E-state index in [4.69, 9.17) is 0 Å². The fourth-order valence-corrected chi connectivity index (χ4v) is 20.2. The molecule has 0 aliphatic carbocycles. The van der Waals surface area contributed by atoms with Crippen molar-refractivity contribution in [3.63, 3.8) is 0 Å². The maximum atomic E-state index is 12.9. The van der Waals surface area contributed by atoms with Crippen molar-refractivity contribution in [1.82, 2.24) is 24.9 Å².